The van der Waals surface area contributed by atoms with Crippen molar-refractivity contribution in [3.05, 3.63) is 51.8 Å². The van der Waals surface area contributed by atoms with Crippen LogP contribution < -0.4 is 9.47 Å². The minimum Gasteiger partial charge on any atom is -0.493 e. The molecule has 0 spiro atoms. The molecule has 0 radical (unpaired) electrons. The van der Waals surface area contributed by atoms with E-state index < -0.39 is 11.9 Å². The SMILES string of the molecule is COc1ccc(C=C2N=C(c3cccs3)OC2=O)cc1OC(C)=O. The third kappa shape index (κ3) is 3.36. The van der Waals surface area contributed by atoms with Crippen molar-refractivity contribution >= 4 is 35.2 Å². The zero-order valence-electron chi connectivity index (χ0n) is 12.9. The Labute approximate surface area is 142 Å². The fourth-order valence-electron chi connectivity index (χ4n) is 2.09. The second-order valence-electron chi connectivity index (χ2n) is 4.82. The zero-order valence-corrected chi connectivity index (χ0v) is 13.8. The Hall–Kier alpha value is -2.93. The molecule has 2 heterocycles. The van der Waals surface area contributed by atoms with Gasteiger partial charge in [-0.3, -0.25) is 4.79 Å². The molecule has 0 fully saturated rings. The molecule has 0 aliphatic carbocycles. The lowest BCUT2D eigenvalue weighted by atomic mass is 10.1. The van der Waals surface area contributed by atoms with Gasteiger partial charge in [0.15, 0.2) is 17.2 Å². The fraction of sp³-hybridized carbons (Fsp3) is 0.118. The Morgan fingerprint density at radius 1 is 1.29 bits per heavy atom. The summed E-state index contributed by atoms with van der Waals surface area (Å²) < 4.78 is 15.4. The Bertz CT molecular complexity index is 852. The van der Waals surface area contributed by atoms with Crippen molar-refractivity contribution in [1.29, 1.82) is 0 Å². The molecule has 0 N–H and O–H groups in total. The van der Waals surface area contributed by atoms with E-state index in [0.29, 0.717) is 11.3 Å². The lowest BCUT2D eigenvalue weighted by molar-refractivity contribution is -0.132. The third-order valence-electron chi connectivity index (χ3n) is 3.10. The zero-order chi connectivity index (χ0) is 17.1. The van der Waals surface area contributed by atoms with Gasteiger partial charge in [-0.1, -0.05) is 12.1 Å². The largest absolute Gasteiger partial charge is 0.493 e. The molecule has 0 bridgehead atoms. The number of hydrogen-bond acceptors (Lipinski definition) is 7. The number of rotatable bonds is 4. The first-order valence-corrected chi connectivity index (χ1v) is 7.87. The van der Waals surface area contributed by atoms with Gasteiger partial charge in [0, 0.05) is 6.92 Å². The average Bonchev–Trinajstić information content (AvgIpc) is 3.17. The summed E-state index contributed by atoms with van der Waals surface area (Å²) in [5, 5.41) is 1.88. The van der Waals surface area contributed by atoms with E-state index >= 15 is 0 Å². The topological polar surface area (TPSA) is 74.2 Å². The number of cyclic esters (lactones) is 1. The number of aliphatic imine (C=N–C) groups is 1. The molecule has 3 rings (SSSR count). The highest BCUT2D eigenvalue weighted by molar-refractivity contribution is 7.12. The molecule has 0 saturated heterocycles. The van der Waals surface area contributed by atoms with Crippen LogP contribution in [0, 0.1) is 0 Å². The van der Waals surface area contributed by atoms with Crippen LogP contribution in [-0.4, -0.2) is 24.9 Å². The number of hydrogen-bond donors (Lipinski definition) is 0. The molecular weight excluding hydrogens is 330 g/mol. The highest BCUT2D eigenvalue weighted by atomic mass is 32.1. The Kier molecular flexibility index (Phi) is 4.43. The van der Waals surface area contributed by atoms with E-state index in [4.69, 9.17) is 14.2 Å². The van der Waals surface area contributed by atoms with Crippen LogP contribution >= 0.6 is 11.3 Å². The number of methoxy groups -OCH3 is 1. The fourth-order valence-corrected chi connectivity index (χ4v) is 2.74. The molecular formula is C17H13NO5S. The van der Waals surface area contributed by atoms with E-state index in [0.717, 1.165) is 4.88 Å². The van der Waals surface area contributed by atoms with Crippen molar-refractivity contribution in [1.82, 2.24) is 0 Å². The normalized spacial score (nSPS) is 15.2. The Morgan fingerprint density at radius 3 is 2.79 bits per heavy atom. The summed E-state index contributed by atoms with van der Waals surface area (Å²) >= 11 is 1.44. The van der Waals surface area contributed by atoms with Crippen LogP contribution in [0.1, 0.15) is 17.4 Å². The molecule has 0 unspecified atom stereocenters. The number of carbonyl (C=O) groups is 2. The van der Waals surface area contributed by atoms with Crippen LogP contribution in [0.4, 0.5) is 0 Å². The molecule has 1 aromatic carbocycles. The molecule has 1 aliphatic heterocycles. The highest BCUT2D eigenvalue weighted by Crippen LogP contribution is 2.30. The predicted octanol–water partition coefficient (Wildman–Crippen LogP) is 3.03. The van der Waals surface area contributed by atoms with Gasteiger partial charge in [0.05, 0.1) is 12.0 Å². The van der Waals surface area contributed by atoms with Gasteiger partial charge in [-0.15, -0.1) is 11.3 Å². The van der Waals surface area contributed by atoms with Crippen LogP contribution in [0.25, 0.3) is 6.08 Å². The molecule has 7 heteroatoms. The summed E-state index contributed by atoms with van der Waals surface area (Å²) in [6.45, 7) is 1.30. The standard InChI is InChI=1S/C17H13NO5S/c1-10(19)22-14-9-11(5-6-13(14)21-2)8-12-17(20)23-16(18-12)15-4-3-7-24-15/h3-9H,1-2H3. The summed E-state index contributed by atoms with van der Waals surface area (Å²) in [5.74, 6) is -0.00749. The molecule has 2 aromatic rings. The summed E-state index contributed by atoms with van der Waals surface area (Å²) in [6, 6.07) is 8.65. The lowest BCUT2D eigenvalue weighted by Gasteiger charge is -2.08. The van der Waals surface area contributed by atoms with E-state index in [1.165, 1.54) is 25.4 Å². The second-order valence-corrected chi connectivity index (χ2v) is 5.76. The maximum absolute atomic E-state index is 12.0. The molecule has 0 saturated carbocycles. The predicted molar refractivity (Wildman–Crippen MR) is 89.2 cm³/mol. The maximum atomic E-state index is 12.0. The van der Waals surface area contributed by atoms with Gasteiger partial charge in [-0.25, -0.2) is 9.79 Å². The smallest absolute Gasteiger partial charge is 0.363 e. The quantitative estimate of drug-likeness (QED) is 0.485. The monoisotopic (exact) mass is 343 g/mol. The van der Waals surface area contributed by atoms with E-state index in [9.17, 15) is 9.59 Å². The van der Waals surface area contributed by atoms with E-state index in [1.807, 2.05) is 17.5 Å². The van der Waals surface area contributed by atoms with Gasteiger partial charge in [-0.2, -0.15) is 0 Å². The first-order valence-electron chi connectivity index (χ1n) is 6.99. The van der Waals surface area contributed by atoms with Crippen LogP contribution in [-0.2, 0) is 14.3 Å². The van der Waals surface area contributed by atoms with Gasteiger partial charge >= 0.3 is 11.9 Å². The van der Waals surface area contributed by atoms with Crippen LogP contribution in [0.2, 0.25) is 0 Å². The van der Waals surface area contributed by atoms with Gasteiger partial charge < -0.3 is 14.2 Å². The Balaban J connectivity index is 1.93. The number of benzene rings is 1. The van der Waals surface area contributed by atoms with Gasteiger partial charge in [-0.05, 0) is 35.2 Å². The second kappa shape index (κ2) is 6.67. The summed E-state index contributed by atoms with van der Waals surface area (Å²) in [6.07, 6.45) is 1.56. The maximum Gasteiger partial charge on any atom is 0.363 e. The average molecular weight is 343 g/mol. The number of carbonyl (C=O) groups excluding carboxylic acids is 2. The highest BCUT2D eigenvalue weighted by Gasteiger charge is 2.24. The molecule has 1 aliphatic rings. The molecule has 1 aromatic heterocycles. The summed E-state index contributed by atoms with van der Waals surface area (Å²) in [7, 11) is 1.48. The van der Waals surface area contributed by atoms with E-state index in [-0.39, 0.29) is 17.3 Å². The summed E-state index contributed by atoms with van der Waals surface area (Å²) in [4.78, 5) is 28.1. The number of thiophene rings is 1. The number of nitrogens with zero attached hydrogens (tertiary/aromatic N) is 1. The first-order chi connectivity index (χ1) is 11.6. The van der Waals surface area contributed by atoms with Crippen molar-refractivity contribution in [2.24, 2.45) is 4.99 Å². The molecule has 24 heavy (non-hydrogen) atoms. The van der Waals surface area contributed by atoms with Crippen LogP contribution in [0.5, 0.6) is 11.5 Å². The minimum absolute atomic E-state index is 0.178. The van der Waals surface area contributed by atoms with Gasteiger partial charge in [0.1, 0.15) is 0 Å². The van der Waals surface area contributed by atoms with Crippen molar-refractivity contribution in [2.45, 2.75) is 6.92 Å². The summed E-state index contributed by atoms with van der Waals surface area (Å²) in [5.41, 5.74) is 0.813. The molecule has 122 valence electrons. The van der Waals surface area contributed by atoms with Gasteiger partial charge in [0.2, 0.25) is 5.90 Å². The Morgan fingerprint density at radius 2 is 2.12 bits per heavy atom. The minimum atomic E-state index is -0.525. The number of esters is 2. The van der Waals surface area contributed by atoms with Crippen molar-refractivity contribution in [3.8, 4) is 11.5 Å². The number of ether oxygens (including phenoxy) is 3. The first kappa shape index (κ1) is 15.9. The molecule has 6 nitrogen and oxygen atoms in total. The molecule has 0 atom stereocenters. The van der Waals surface area contributed by atoms with Crippen molar-refractivity contribution in [2.75, 3.05) is 7.11 Å². The van der Waals surface area contributed by atoms with Crippen molar-refractivity contribution in [3.63, 3.8) is 0 Å². The molecule has 0 amide bonds. The van der Waals surface area contributed by atoms with E-state index in [1.54, 1.807) is 24.3 Å². The van der Waals surface area contributed by atoms with Crippen LogP contribution in [0.15, 0.2) is 46.4 Å². The van der Waals surface area contributed by atoms with Crippen molar-refractivity contribution < 1.29 is 23.8 Å². The van der Waals surface area contributed by atoms with Crippen LogP contribution in [0.3, 0.4) is 0 Å². The lowest BCUT2D eigenvalue weighted by Crippen LogP contribution is -2.04. The van der Waals surface area contributed by atoms with E-state index in [2.05, 4.69) is 4.99 Å². The third-order valence-corrected chi connectivity index (χ3v) is 3.96. The van der Waals surface area contributed by atoms with Gasteiger partial charge in [0.25, 0.3) is 0 Å².